The van der Waals surface area contributed by atoms with Crippen LogP contribution in [0.2, 0.25) is 0 Å². The topological polar surface area (TPSA) is 97.6 Å². The lowest BCUT2D eigenvalue weighted by Crippen LogP contribution is -2.27. The van der Waals surface area contributed by atoms with Gasteiger partial charge in [-0.15, -0.1) is 5.10 Å². The van der Waals surface area contributed by atoms with E-state index in [0.29, 0.717) is 28.8 Å². The molecule has 2 heterocycles. The zero-order valence-corrected chi connectivity index (χ0v) is 18.7. The maximum absolute atomic E-state index is 12.5. The SMILES string of the molecule is CC(C)(C)C(=O)Nc1cccc(Oc2ccc3nc(NC(=O)C4CCCCC4)cn3n2)c1. The predicted molar refractivity (Wildman–Crippen MR) is 123 cm³/mol. The number of ether oxygens (including phenoxy) is 1. The molecule has 2 N–H and O–H groups in total. The molecule has 0 saturated heterocycles. The number of carbonyl (C=O) groups excluding carboxylic acids is 2. The number of hydrogen-bond acceptors (Lipinski definition) is 5. The summed E-state index contributed by atoms with van der Waals surface area (Å²) in [4.78, 5) is 29.1. The summed E-state index contributed by atoms with van der Waals surface area (Å²) in [6.45, 7) is 5.58. The maximum Gasteiger partial charge on any atom is 0.237 e. The van der Waals surface area contributed by atoms with Gasteiger partial charge in [-0.3, -0.25) is 9.59 Å². The van der Waals surface area contributed by atoms with E-state index in [2.05, 4.69) is 20.7 Å². The fourth-order valence-corrected chi connectivity index (χ4v) is 3.65. The first-order valence-corrected chi connectivity index (χ1v) is 11.0. The molecule has 8 heteroatoms. The van der Waals surface area contributed by atoms with Gasteiger partial charge in [0, 0.05) is 29.2 Å². The molecule has 0 bridgehead atoms. The van der Waals surface area contributed by atoms with Gasteiger partial charge in [0.1, 0.15) is 5.75 Å². The second-order valence-electron chi connectivity index (χ2n) is 9.26. The summed E-state index contributed by atoms with van der Waals surface area (Å²) in [6, 6.07) is 10.7. The van der Waals surface area contributed by atoms with Crippen LogP contribution in [0, 0.1) is 11.3 Å². The van der Waals surface area contributed by atoms with Crippen LogP contribution in [0.1, 0.15) is 52.9 Å². The highest BCUT2D eigenvalue weighted by Gasteiger charge is 2.22. The van der Waals surface area contributed by atoms with Crippen molar-refractivity contribution in [2.24, 2.45) is 11.3 Å². The van der Waals surface area contributed by atoms with Crippen LogP contribution in [-0.4, -0.2) is 26.4 Å². The van der Waals surface area contributed by atoms with Crippen molar-refractivity contribution < 1.29 is 14.3 Å². The summed E-state index contributed by atoms with van der Waals surface area (Å²) >= 11 is 0. The van der Waals surface area contributed by atoms with Crippen LogP contribution < -0.4 is 15.4 Å². The summed E-state index contributed by atoms with van der Waals surface area (Å²) in [5.41, 5.74) is 0.774. The first kappa shape index (κ1) is 21.8. The largest absolute Gasteiger partial charge is 0.438 e. The lowest BCUT2D eigenvalue weighted by Gasteiger charge is -2.19. The highest BCUT2D eigenvalue weighted by molar-refractivity contribution is 5.94. The van der Waals surface area contributed by atoms with Crippen molar-refractivity contribution in [1.82, 2.24) is 14.6 Å². The van der Waals surface area contributed by atoms with E-state index in [1.54, 1.807) is 35.0 Å². The Morgan fingerprint density at radius 1 is 1.06 bits per heavy atom. The average molecular weight is 436 g/mol. The second kappa shape index (κ2) is 8.98. The average Bonchev–Trinajstić information content (AvgIpc) is 3.15. The summed E-state index contributed by atoms with van der Waals surface area (Å²) in [6.07, 6.45) is 6.97. The third-order valence-electron chi connectivity index (χ3n) is 5.52. The number of imidazole rings is 1. The van der Waals surface area contributed by atoms with E-state index in [1.165, 1.54) is 6.42 Å². The van der Waals surface area contributed by atoms with Crippen LogP contribution in [-0.2, 0) is 9.59 Å². The zero-order valence-electron chi connectivity index (χ0n) is 18.7. The standard InChI is InChI=1S/C24H29N5O3/c1-24(2,3)23(31)25-17-10-7-11-18(14-17)32-21-13-12-20-26-19(15-29(20)28-21)27-22(30)16-8-5-4-6-9-16/h7,10-16H,4-6,8-9H2,1-3H3,(H,25,31)(H,27,30). The number of fused-ring (bicyclic) bond motifs is 1. The number of benzene rings is 1. The Hall–Kier alpha value is -3.42. The van der Waals surface area contributed by atoms with Crippen LogP contribution in [0.5, 0.6) is 11.6 Å². The number of amides is 2. The predicted octanol–water partition coefficient (Wildman–Crippen LogP) is 5.03. The summed E-state index contributed by atoms with van der Waals surface area (Å²) in [7, 11) is 0. The fourth-order valence-electron chi connectivity index (χ4n) is 3.65. The lowest BCUT2D eigenvalue weighted by molar-refractivity contribution is -0.123. The molecule has 1 saturated carbocycles. The molecule has 3 aromatic rings. The lowest BCUT2D eigenvalue weighted by atomic mass is 9.89. The third-order valence-corrected chi connectivity index (χ3v) is 5.52. The van der Waals surface area contributed by atoms with Gasteiger partial charge in [0.15, 0.2) is 11.5 Å². The van der Waals surface area contributed by atoms with E-state index in [9.17, 15) is 9.59 Å². The molecular formula is C24H29N5O3. The molecule has 0 atom stereocenters. The van der Waals surface area contributed by atoms with Crippen LogP contribution in [0.25, 0.3) is 5.65 Å². The van der Waals surface area contributed by atoms with E-state index in [-0.39, 0.29) is 17.7 Å². The highest BCUT2D eigenvalue weighted by atomic mass is 16.5. The van der Waals surface area contributed by atoms with Crippen molar-refractivity contribution in [3.63, 3.8) is 0 Å². The number of rotatable bonds is 5. The van der Waals surface area contributed by atoms with Crippen molar-refractivity contribution in [2.45, 2.75) is 52.9 Å². The Kier molecular flexibility index (Phi) is 6.12. The van der Waals surface area contributed by atoms with Gasteiger partial charge in [-0.1, -0.05) is 46.1 Å². The molecule has 0 radical (unpaired) electrons. The Morgan fingerprint density at radius 3 is 2.59 bits per heavy atom. The Balaban J connectivity index is 1.44. The molecule has 32 heavy (non-hydrogen) atoms. The molecule has 168 valence electrons. The van der Waals surface area contributed by atoms with Crippen LogP contribution >= 0.6 is 0 Å². The number of nitrogens with one attached hydrogen (secondary N) is 2. The quantitative estimate of drug-likeness (QED) is 0.586. The van der Waals surface area contributed by atoms with Crippen molar-refractivity contribution >= 4 is 29.0 Å². The maximum atomic E-state index is 12.5. The van der Waals surface area contributed by atoms with Gasteiger partial charge in [0.25, 0.3) is 0 Å². The molecule has 8 nitrogen and oxygen atoms in total. The monoisotopic (exact) mass is 435 g/mol. The van der Waals surface area contributed by atoms with Crippen LogP contribution in [0.15, 0.2) is 42.6 Å². The Morgan fingerprint density at radius 2 is 1.84 bits per heavy atom. The smallest absolute Gasteiger partial charge is 0.237 e. The van der Waals surface area contributed by atoms with Gasteiger partial charge in [-0.25, -0.2) is 9.50 Å². The van der Waals surface area contributed by atoms with Gasteiger partial charge in [-0.2, -0.15) is 0 Å². The van der Waals surface area contributed by atoms with Crippen LogP contribution in [0.4, 0.5) is 11.5 Å². The first-order valence-electron chi connectivity index (χ1n) is 11.0. The molecule has 1 fully saturated rings. The third kappa shape index (κ3) is 5.25. The van der Waals surface area contributed by atoms with E-state index in [4.69, 9.17) is 4.74 Å². The molecule has 0 spiro atoms. The van der Waals surface area contributed by atoms with Gasteiger partial charge in [0.05, 0.1) is 6.20 Å². The van der Waals surface area contributed by atoms with Gasteiger partial charge in [-0.05, 0) is 31.0 Å². The molecule has 1 aliphatic carbocycles. The molecule has 2 aromatic heterocycles. The summed E-state index contributed by atoms with van der Waals surface area (Å²) < 4.78 is 7.46. The number of nitrogens with zero attached hydrogens (tertiary/aromatic N) is 3. The Labute approximate surface area is 187 Å². The minimum Gasteiger partial charge on any atom is -0.438 e. The Bertz CT molecular complexity index is 1130. The summed E-state index contributed by atoms with van der Waals surface area (Å²) in [5.74, 6) is 1.42. The molecule has 1 aromatic carbocycles. The molecule has 2 amide bonds. The van der Waals surface area contributed by atoms with Crippen LogP contribution in [0.3, 0.4) is 0 Å². The first-order chi connectivity index (χ1) is 15.3. The molecule has 0 unspecified atom stereocenters. The van der Waals surface area contributed by atoms with Crippen molar-refractivity contribution in [3.05, 3.63) is 42.6 Å². The molecule has 4 rings (SSSR count). The van der Waals surface area contributed by atoms with Gasteiger partial charge in [0.2, 0.25) is 17.7 Å². The number of carbonyl (C=O) groups is 2. The number of anilines is 2. The number of hydrogen-bond donors (Lipinski definition) is 2. The van der Waals surface area contributed by atoms with Gasteiger partial charge < -0.3 is 15.4 Å². The molecule has 1 aliphatic rings. The van der Waals surface area contributed by atoms with E-state index in [1.807, 2.05) is 32.9 Å². The minimum atomic E-state index is -0.491. The molecule has 0 aliphatic heterocycles. The molecular weight excluding hydrogens is 406 g/mol. The van der Waals surface area contributed by atoms with Crippen molar-refractivity contribution in [3.8, 4) is 11.6 Å². The van der Waals surface area contributed by atoms with Crippen molar-refractivity contribution in [1.29, 1.82) is 0 Å². The minimum absolute atomic E-state index is 0.0266. The summed E-state index contributed by atoms with van der Waals surface area (Å²) in [5, 5.41) is 10.2. The van der Waals surface area contributed by atoms with Crippen molar-refractivity contribution in [2.75, 3.05) is 10.6 Å². The second-order valence-corrected chi connectivity index (χ2v) is 9.26. The normalized spacial score (nSPS) is 14.8. The zero-order chi connectivity index (χ0) is 22.7. The van der Waals surface area contributed by atoms with Gasteiger partial charge >= 0.3 is 0 Å². The highest BCUT2D eigenvalue weighted by Crippen LogP contribution is 2.26. The fraction of sp³-hybridized carbons (Fsp3) is 0.417. The van der Waals surface area contributed by atoms with E-state index < -0.39 is 5.41 Å². The van der Waals surface area contributed by atoms with E-state index >= 15 is 0 Å². The number of aromatic nitrogens is 3. The van der Waals surface area contributed by atoms with E-state index in [0.717, 1.165) is 25.7 Å².